The molecule has 136 valence electrons. The largest absolute Gasteiger partial charge is 0.337 e. The third kappa shape index (κ3) is 3.70. The molecule has 0 saturated carbocycles. The van der Waals surface area contributed by atoms with Gasteiger partial charge in [-0.2, -0.15) is 4.80 Å². The second kappa shape index (κ2) is 7.24. The maximum absolute atomic E-state index is 12.5. The second-order valence-corrected chi connectivity index (χ2v) is 7.40. The Bertz CT molecular complexity index is 1070. The molecule has 0 spiro atoms. The molecule has 27 heavy (non-hydrogen) atoms. The van der Waals surface area contributed by atoms with Gasteiger partial charge in [0, 0.05) is 12.6 Å². The maximum Gasteiger partial charge on any atom is 0.246 e. The number of amides is 1. The van der Waals surface area contributed by atoms with E-state index in [0.717, 1.165) is 26.4 Å². The lowest BCUT2D eigenvalue weighted by atomic mass is 10.1. The van der Waals surface area contributed by atoms with Crippen LogP contribution in [0.2, 0.25) is 0 Å². The predicted octanol–water partition coefficient (Wildman–Crippen LogP) is 2.92. The van der Waals surface area contributed by atoms with Crippen LogP contribution < -0.4 is 0 Å². The summed E-state index contributed by atoms with van der Waals surface area (Å²) in [5.41, 5.74) is 2.94. The normalized spacial score (nSPS) is 11.0. The van der Waals surface area contributed by atoms with Crippen molar-refractivity contribution in [3.05, 3.63) is 59.1 Å². The molecule has 0 saturated heterocycles. The standard InChI is InChI=1S/C19H18N6OS/c1-13-7-3-4-8-14(13)19-21-23-25(22-19)12-18(26)24(2)11-17-20-15-9-5-6-10-16(15)27-17/h3-10H,11-12H2,1-2H3. The number of tetrazole rings is 1. The number of benzene rings is 2. The first kappa shape index (κ1) is 17.3. The van der Waals surface area contributed by atoms with Crippen molar-refractivity contribution >= 4 is 27.5 Å². The van der Waals surface area contributed by atoms with E-state index in [4.69, 9.17) is 0 Å². The highest BCUT2D eigenvalue weighted by molar-refractivity contribution is 7.18. The van der Waals surface area contributed by atoms with Crippen LogP contribution >= 0.6 is 11.3 Å². The summed E-state index contributed by atoms with van der Waals surface area (Å²) in [7, 11) is 1.76. The van der Waals surface area contributed by atoms with Crippen molar-refractivity contribution in [1.82, 2.24) is 30.1 Å². The Morgan fingerprint density at radius 1 is 1.15 bits per heavy atom. The van der Waals surface area contributed by atoms with Crippen LogP contribution in [0, 0.1) is 6.92 Å². The number of hydrogen-bond acceptors (Lipinski definition) is 6. The van der Waals surface area contributed by atoms with Crippen LogP contribution in [-0.4, -0.2) is 43.0 Å². The summed E-state index contributed by atoms with van der Waals surface area (Å²) in [4.78, 5) is 20.1. The molecule has 0 N–H and O–H groups in total. The third-order valence-electron chi connectivity index (χ3n) is 4.25. The summed E-state index contributed by atoms with van der Waals surface area (Å²) in [6.07, 6.45) is 0. The SMILES string of the molecule is Cc1ccccc1-c1nnn(CC(=O)N(C)Cc2nc3ccccc3s2)n1. The lowest BCUT2D eigenvalue weighted by Crippen LogP contribution is -2.30. The molecule has 2 aromatic carbocycles. The Hall–Kier alpha value is -3.13. The molecule has 0 aliphatic rings. The van der Waals surface area contributed by atoms with Gasteiger partial charge in [0.1, 0.15) is 11.6 Å². The van der Waals surface area contributed by atoms with E-state index >= 15 is 0 Å². The van der Waals surface area contributed by atoms with Gasteiger partial charge in [-0.25, -0.2) is 4.98 Å². The zero-order chi connectivity index (χ0) is 18.8. The number of aromatic nitrogens is 5. The van der Waals surface area contributed by atoms with Crippen LogP contribution in [0.5, 0.6) is 0 Å². The first-order valence-corrected chi connectivity index (χ1v) is 9.34. The summed E-state index contributed by atoms with van der Waals surface area (Å²) in [6, 6.07) is 15.8. The van der Waals surface area contributed by atoms with Crippen LogP contribution in [0.1, 0.15) is 10.6 Å². The molecule has 7 nitrogen and oxygen atoms in total. The Kier molecular flexibility index (Phi) is 4.64. The summed E-state index contributed by atoms with van der Waals surface area (Å²) < 4.78 is 1.12. The molecule has 4 aromatic rings. The monoisotopic (exact) mass is 378 g/mol. The molecule has 4 rings (SSSR count). The van der Waals surface area contributed by atoms with Gasteiger partial charge < -0.3 is 4.90 Å². The number of thiazole rings is 1. The van der Waals surface area contributed by atoms with Crippen LogP contribution in [0.25, 0.3) is 21.6 Å². The van der Waals surface area contributed by atoms with Crippen molar-refractivity contribution < 1.29 is 4.79 Å². The zero-order valence-corrected chi connectivity index (χ0v) is 15.8. The Labute approximate surface area is 160 Å². The Balaban J connectivity index is 1.43. The molecule has 0 atom stereocenters. The molecule has 0 radical (unpaired) electrons. The molecular weight excluding hydrogens is 360 g/mol. The van der Waals surface area contributed by atoms with Crippen molar-refractivity contribution in [2.75, 3.05) is 7.05 Å². The van der Waals surface area contributed by atoms with E-state index in [9.17, 15) is 4.79 Å². The molecular formula is C19H18N6OS. The van der Waals surface area contributed by atoms with Gasteiger partial charge in [-0.3, -0.25) is 4.79 Å². The molecule has 2 heterocycles. The summed E-state index contributed by atoms with van der Waals surface area (Å²) in [5, 5.41) is 13.3. The van der Waals surface area contributed by atoms with Crippen molar-refractivity contribution in [3.63, 3.8) is 0 Å². The van der Waals surface area contributed by atoms with Crippen LogP contribution in [0.15, 0.2) is 48.5 Å². The predicted molar refractivity (Wildman–Crippen MR) is 104 cm³/mol. The minimum absolute atomic E-state index is 0.0419. The highest BCUT2D eigenvalue weighted by Crippen LogP contribution is 2.22. The number of carbonyl (C=O) groups excluding carboxylic acids is 1. The van der Waals surface area contributed by atoms with Crippen molar-refractivity contribution in [1.29, 1.82) is 0 Å². The molecule has 1 amide bonds. The number of rotatable bonds is 5. The maximum atomic E-state index is 12.5. The number of carbonyl (C=O) groups is 1. The fourth-order valence-electron chi connectivity index (χ4n) is 2.76. The molecule has 8 heteroatoms. The molecule has 0 fully saturated rings. The van der Waals surface area contributed by atoms with E-state index in [-0.39, 0.29) is 12.5 Å². The zero-order valence-electron chi connectivity index (χ0n) is 15.0. The summed E-state index contributed by atoms with van der Waals surface area (Å²) in [6.45, 7) is 2.49. The smallest absolute Gasteiger partial charge is 0.246 e. The first-order chi connectivity index (χ1) is 13.1. The van der Waals surface area contributed by atoms with Crippen LogP contribution in [0.4, 0.5) is 0 Å². The lowest BCUT2D eigenvalue weighted by molar-refractivity contribution is -0.131. The number of para-hydroxylation sites is 1. The van der Waals surface area contributed by atoms with E-state index in [1.54, 1.807) is 23.3 Å². The Morgan fingerprint density at radius 3 is 2.74 bits per heavy atom. The number of nitrogens with zero attached hydrogens (tertiary/aromatic N) is 6. The van der Waals surface area contributed by atoms with Gasteiger partial charge in [0.25, 0.3) is 0 Å². The van der Waals surface area contributed by atoms with E-state index < -0.39 is 0 Å². The quantitative estimate of drug-likeness (QED) is 0.534. The number of aryl methyl sites for hydroxylation is 1. The van der Waals surface area contributed by atoms with Gasteiger partial charge in [-0.05, 0) is 29.8 Å². The topological polar surface area (TPSA) is 76.8 Å². The number of fused-ring (bicyclic) bond motifs is 1. The van der Waals surface area contributed by atoms with Gasteiger partial charge in [0.2, 0.25) is 11.7 Å². The van der Waals surface area contributed by atoms with Crippen molar-refractivity contribution in [2.24, 2.45) is 0 Å². The second-order valence-electron chi connectivity index (χ2n) is 6.28. The van der Waals surface area contributed by atoms with Crippen molar-refractivity contribution in [3.8, 4) is 11.4 Å². The van der Waals surface area contributed by atoms with Gasteiger partial charge in [0.05, 0.1) is 16.8 Å². The lowest BCUT2D eigenvalue weighted by Gasteiger charge is -2.14. The average Bonchev–Trinajstić information content (AvgIpc) is 3.28. The number of likely N-dealkylation sites (N-methyl/N-ethyl adjacent to an activating group) is 1. The van der Waals surface area contributed by atoms with Crippen LogP contribution in [-0.2, 0) is 17.9 Å². The molecule has 0 aliphatic heterocycles. The van der Waals surface area contributed by atoms with E-state index in [2.05, 4.69) is 20.4 Å². The molecule has 2 aromatic heterocycles. The highest BCUT2D eigenvalue weighted by Gasteiger charge is 2.15. The Morgan fingerprint density at radius 2 is 1.93 bits per heavy atom. The van der Waals surface area contributed by atoms with Gasteiger partial charge >= 0.3 is 0 Å². The third-order valence-corrected chi connectivity index (χ3v) is 5.27. The van der Waals surface area contributed by atoms with Gasteiger partial charge in [0.15, 0.2) is 0 Å². The number of hydrogen-bond donors (Lipinski definition) is 0. The first-order valence-electron chi connectivity index (χ1n) is 8.52. The fourth-order valence-corrected chi connectivity index (χ4v) is 3.78. The van der Waals surface area contributed by atoms with E-state index in [0.29, 0.717) is 12.4 Å². The molecule has 0 unspecified atom stereocenters. The van der Waals surface area contributed by atoms with E-state index in [1.807, 2.05) is 55.5 Å². The van der Waals surface area contributed by atoms with Gasteiger partial charge in [-0.15, -0.1) is 21.5 Å². The molecule has 0 aliphatic carbocycles. The highest BCUT2D eigenvalue weighted by atomic mass is 32.1. The average molecular weight is 378 g/mol. The van der Waals surface area contributed by atoms with Crippen molar-refractivity contribution in [2.45, 2.75) is 20.0 Å². The van der Waals surface area contributed by atoms with Crippen LogP contribution in [0.3, 0.4) is 0 Å². The summed E-state index contributed by atoms with van der Waals surface area (Å²) in [5.74, 6) is 0.428. The van der Waals surface area contributed by atoms with E-state index in [1.165, 1.54) is 4.80 Å². The summed E-state index contributed by atoms with van der Waals surface area (Å²) >= 11 is 1.60. The minimum Gasteiger partial charge on any atom is -0.337 e. The minimum atomic E-state index is -0.0945. The molecule has 0 bridgehead atoms. The van der Waals surface area contributed by atoms with Gasteiger partial charge in [-0.1, -0.05) is 36.4 Å². The fraction of sp³-hybridized carbons (Fsp3) is 0.211.